The van der Waals surface area contributed by atoms with Crippen molar-refractivity contribution in [2.24, 2.45) is 0 Å². The number of rotatable bonds is 2. The summed E-state index contributed by atoms with van der Waals surface area (Å²) >= 11 is 4.19. The van der Waals surface area contributed by atoms with Crippen LogP contribution in [0.25, 0.3) is 0 Å². The van der Waals surface area contributed by atoms with Crippen molar-refractivity contribution < 1.29 is 19.4 Å². The van der Waals surface area contributed by atoms with Crippen molar-refractivity contribution in [3.8, 4) is 0 Å². The molecule has 6 heteroatoms. The Morgan fingerprint density at radius 3 is 1.82 bits per heavy atom. The highest BCUT2D eigenvalue weighted by Gasteiger charge is 1.83. The van der Waals surface area contributed by atoms with E-state index in [1.54, 1.807) is 14.2 Å². The van der Waals surface area contributed by atoms with E-state index in [2.05, 4.69) is 11.6 Å². The molecule has 0 aromatic carbocycles. The third-order valence-electron chi connectivity index (χ3n) is 0.638. The molecule has 0 amide bonds. The molecular weight excluding hydrogens is 188 g/mol. The standard InChI is InChI=1S/C4H10O2Si.CHClO2/c1-5-4(3-7)6-2;2-1(3)4/h3H,1-2,7H3;(H,3,4). The highest BCUT2D eigenvalue weighted by molar-refractivity contribution is 6.60. The number of carboxylic acid groups (broad SMARTS) is 1. The Balaban J connectivity index is 0. The monoisotopic (exact) mass is 198 g/mol. The molecule has 0 aliphatic heterocycles. The average molecular weight is 199 g/mol. The summed E-state index contributed by atoms with van der Waals surface area (Å²) in [6.07, 6.45) is 0. The molecular formula is C5H11ClO4Si. The van der Waals surface area contributed by atoms with E-state index in [4.69, 9.17) is 19.4 Å². The summed E-state index contributed by atoms with van der Waals surface area (Å²) in [6.45, 7) is 0. The topological polar surface area (TPSA) is 55.8 Å². The summed E-state index contributed by atoms with van der Waals surface area (Å²) in [6, 6.07) is 0. The molecule has 66 valence electrons. The van der Waals surface area contributed by atoms with Gasteiger partial charge < -0.3 is 14.6 Å². The molecule has 1 N–H and O–H groups in total. The first-order valence-electron chi connectivity index (χ1n) is 2.71. The number of carbonyl (C=O) groups is 1. The zero-order valence-electron chi connectivity index (χ0n) is 6.63. The molecule has 0 unspecified atom stereocenters. The normalized spacial score (nSPS) is 7.18. The van der Waals surface area contributed by atoms with Gasteiger partial charge in [-0.3, -0.25) is 0 Å². The lowest BCUT2D eigenvalue weighted by Crippen LogP contribution is -1.87. The zero-order chi connectivity index (χ0) is 9.28. The van der Waals surface area contributed by atoms with E-state index in [-0.39, 0.29) is 0 Å². The van der Waals surface area contributed by atoms with Gasteiger partial charge in [0.1, 0.15) is 0 Å². The summed E-state index contributed by atoms with van der Waals surface area (Å²) in [5.74, 6) is 0.617. The van der Waals surface area contributed by atoms with Gasteiger partial charge in [-0.05, 0) is 5.70 Å². The van der Waals surface area contributed by atoms with Crippen LogP contribution in [0.1, 0.15) is 0 Å². The second kappa shape index (κ2) is 9.32. The highest BCUT2D eigenvalue weighted by atomic mass is 35.5. The van der Waals surface area contributed by atoms with E-state index in [0.29, 0.717) is 5.95 Å². The lowest BCUT2D eigenvalue weighted by Gasteiger charge is -1.99. The van der Waals surface area contributed by atoms with Crippen LogP contribution in [0.2, 0.25) is 0 Å². The van der Waals surface area contributed by atoms with Crippen LogP contribution in [0.5, 0.6) is 0 Å². The van der Waals surface area contributed by atoms with Crippen molar-refractivity contribution in [1.82, 2.24) is 0 Å². The number of hydrogen-bond acceptors (Lipinski definition) is 3. The van der Waals surface area contributed by atoms with Crippen molar-refractivity contribution in [2.45, 2.75) is 0 Å². The van der Waals surface area contributed by atoms with Crippen LogP contribution in [0.3, 0.4) is 0 Å². The minimum absolute atomic E-state index is 0.617. The molecule has 0 atom stereocenters. The minimum atomic E-state index is -1.36. The van der Waals surface area contributed by atoms with Gasteiger partial charge in [-0.2, -0.15) is 0 Å². The molecule has 0 saturated carbocycles. The van der Waals surface area contributed by atoms with Crippen molar-refractivity contribution in [1.29, 1.82) is 0 Å². The Bertz CT molecular complexity index is 126. The maximum atomic E-state index is 8.77. The molecule has 0 aromatic rings. The Morgan fingerprint density at radius 1 is 1.55 bits per heavy atom. The fourth-order valence-corrected chi connectivity index (χ4v) is 0.790. The van der Waals surface area contributed by atoms with E-state index in [1.807, 2.05) is 5.70 Å². The van der Waals surface area contributed by atoms with Crippen LogP contribution in [-0.4, -0.2) is 35.0 Å². The van der Waals surface area contributed by atoms with E-state index in [9.17, 15) is 0 Å². The Labute approximate surface area is 73.2 Å². The Morgan fingerprint density at radius 2 is 1.82 bits per heavy atom. The predicted octanol–water partition coefficient (Wildman–Crippen LogP) is 0.347. The largest absolute Gasteiger partial charge is 0.469 e. The van der Waals surface area contributed by atoms with Gasteiger partial charge in [-0.1, -0.05) is 0 Å². The first-order chi connectivity index (χ1) is 5.08. The van der Waals surface area contributed by atoms with E-state index in [1.165, 1.54) is 0 Å². The van der Waals surface area contributed by atoms with Crippen LogP contribution in [0.4, 0.5) is 4.79 Å². The second-order valence-corrected chi connectivity index (χ2v) is 2.17. The van der Waals surface area contributed by atoms with Crippen LogP contribution < -0.4 is 0 Å². The summed E-state index contributed by atoms with van der Waals surface area (Å²) < 4.78 is 9.44. The second-order valence-electron chi connectivity index (χ2n) is 1.27. The molecule has 0 aliphatic carbocycles. The minimum Gasteiger partial charge on any atom is -0.469 e. The van der Waals surface area contributed by atoms with Crippen molar-refractivity contribution in [3.05, 3.63) is 11.6 Å². The highest BCUT2D eigenvalue weighted by Crippen LogP contribution is 1.89. The van der Waals surface area contributed by atoms with Crippen LogP contribution >= 0.6 is 11.6 Å². The molecule has 0 radical (unpaired) electrons. The van der Waals surface area contributed by atoms with E-state index >= 15 is 0 Å². The maximum Gasteiger partial charge on any atom is 0.401 e. The molecule has 0 rings (SSSR count). The lowest BCUT2D eigenvalue weighted by molar-refractivity contribution is 0.0965. The molecule has 11 heavy (non-hydrogen) atoms. The van der Waals surface area contributed by atoms with Gasteiger partial charge in [0, 0.05) is 21.8 Å². The number of methoxy groups -OCH3 is 2. The van der Waals surface area contributed by atoms with Gasteiger partial charge in [-0.25, -0.2) is 4.79 Å². The van der Waals surface area contributed by atoms with Gasteiger partial charge in [-0.15, -0.1) is 0 Å². The molecule has 0 spiro atoms. The van der Waals surface area contributed by atoms with Gasteiger partial charge in [0.15, 0.2) is 0 Å². The molecule has 0 bridgehead atoms. The van der Waals surface area contributed by atoms with Crippen molar-refractivity contribution >= 4 is 27.3 Å². The molecule has 0 heterocycles. The Hall–Kier alpha value is -0.683. The average Bonchev–Trinajstić information content (AvgIpc) is 1.90. The summed E-state index contributed by atoms with van der Waals surface area (Å²) in [7, 11) is 4.16. The predicted molar refractivity (Wildman–Crippen MR) is 45.9 cm³/mol. The van der Waals surface area contributed by atoms with E-state index in [0.717, 1.165) is 10.2 Å². The van der Waals surface area contributed by atoms with Crippen molar-refractivity contribution in [3.63, 3.8) is 0 Å². The smallest absolute Gasteiger partial charge is 0.401 e. The van der Waals surface area contributed by atoms with Crippen LogP contribution in [-0.2, 0) is 9.47 Å². The lowest BCUT2D eigenvalue weighted by atomic mass is 11.0. The van der Waals surface area contributed by atoms with Gasteiger partial charge in [0.05, 0.1) is 14.2 Å². The number of halogens is 1. The molecule has 0 fully saturated rings. The quantitative estimate of drug-likeness (QED) is 0.395. The number of hydrogen-bond donors (Lipinski definition) is 1. The van der Waals surface area contributed by atoms with Crippen LogP contribution in [0, 0.1) is 0 Å². The molecule has 0 aromatic heterocycles. The van der Waals surface area contributed by atoms with Crippen molar-refractivity contribution in [2.75, 3.05) is 14.2 Å². The fraction of sp³-hybridized carbons (Fsp3) is 0.400. The summed E-state index contributed by atoms with van der Waals surface area (Å²) in [5, 5.41) is 7.18. The molecule has 0 aliphatic rings. The molecule has 4 nitrogen and oxygen atoms in total. The van der Waals surface area contributed by atoms with Gasteiger partial charge in [0.25, 0.3) is 5.95 Å². The van der Waals surface area contributed by atoms with Gasteiger partial charge >= 0.3 is 5.43 Å². The first kappa shape index (κ1) is 12.9. The van der Waals surface area contributed by atoms with E-state index < -0.39 is 5.43 Å². The zero-order valence-corrected chi connectivity index (χ0v) is 9.38. The maximum absolute atomic E-state index is 8.77. The SMILES string of the molecule is COC(=C[SiH3])OC.O=C(O)Cl. The van der Waals surface area contributed by atoms with Crippen LogP contribution in [0.15, 0.2) is 11.6 Å². The summed E-state index contributed by atoms with van der Waals surface area (Å²) in [5.41, 5.74) is 0.528. The third kappa shape index (κ3) is 17.6. The van der Waals surface area contributed by atoms with Gasteiger partial charge in [0.2, 0.25) is 0 Å². The molecule has 0 saturated heterocycles. The first-order valence-corrected chi connectivity index (χ1v) is 4.24. The number of ether oxygens (including phenoxy) is 2. The Kier molecular flexibility index (Phi) is 11.0. The third-order valence-corrected chi connectivity index (χ3v) is 1.11. The summed E-state index contributed by atoms with van der Waals surface area (Å²) in [4.78, 5) is 8.77. The fourth-order valence-electron chi connectivity index (χ4n) is 0.319.